The van der Waals surface area contributed by atoms with Crippen LogP contribution in [0.2, 0.25) is 5.02 Å². The third-order valence-electron chi connectivity index (χ3n) is 3.92. The molecule has 0 spiro atoms. The highest BCUT2D eigenvalue weighted by atomic mass is 35.5. The van der Waals surface area contributed by atoms with Crippen LogP contribution in [0.25, 0.3) is 0 Å². The largest absolute Gasteiger partial charge is 0.374 e. The highest BCUT2D eigenvalue weighted by molar-refractivity contribution is 6.33. The smallest absolute Gasteiger partial charge is 0.151 e. The number of aldehydes is 1. The second kappa shape index (κ2) is 6.40. The quantitative estimate of drug-likeness (QED) is 0.793. The van der Waals surface area contributed by atoms with E-state index in [2.05, 4.69) is 23.9 Å². The highest BCUT2D eigenvalue weighted by Gasteiger charge is 2.18. The van der Waals surface area contributed by atoms with Crippen molar-refractivity contribution in [3.8, 4) is 0 Å². The van der Waals surface area contributed by atoms with E-state index in [1.165, 1.54) is 25.9 Å². The van der Waals surface area contributed by atoms with Crippen LogP contribution in [0.15, 0.2) is 18.2 Å². The highest BCUT2D eigenvalue weighted by Crippen LogP contribution is 2.24. The first-order chi connectivity index (χ1) is 9.10. The van der Waals surface area contributed by atoms with E-state index in [0.29, 0.717) is 10.6 Å². The van der Waals surface area contributed by atoms with Crippen LogP contribution in [-0.2, 0) is 0 Å². The predicted molar refractivity (Wildman–Crippen MR) is 80.3 cm³/mol. The number of rotatable bonds is 4. The summed E-state index contributed by atoms with van der Waals surface area (Å²) in [5.74, 6) is 0.741. The number of piperidine rings is 1. The van der Waals surface area contributed by atoms with Crippen molar-refractivity contribution >= 4 is 23.6 Å². The lowest BCUT2D eigenvalue weighted by Gasteiger charge is -2.32. The SMILES string of the molecule is CN1CCC(CN(C)c2ccc(C=O)c(Cl)c2)CC1. The molecular weight excluding hydrogens is 260 g/mol. The minimum Gasteiger partial charge on any atom is -0.374 e. The molecule has 0 amide bonds. The van der Waals surface area contributed by atoms with Crippen LogP contribution in [0.1, 0.15) is 23.2 Å². The minimum atomic E-state index is 0.530. The van der Waals surface area contributed by atoms with Gasteiger partial charge in [0.2, 0.25) is 0 Å². The Labute approximate surface area is 120 Å². The van der Waals surface area contributed by atoms with Gasteiger partial charge in [-0.05, 0) is 57.1 Å². The molecule has 0 unspecified atom stereocenters. The van der Waals surface area contributed by atoms with Crippen molar-refractivity contribution in [3.63, 3.8) is 0 Å². The van der Waals surface area contributed by atoms with E-state index in [9.17, 15) is 4.79 Å². The van der Waals surface area contributed by atoms with E-state index >= 15 is 0 Å². The molecule has 0 aliphatic carbocycles. The number of carbonyl (C=O) groups is 1. The molecule has 1 aliphatic heterocycles. The van der Waals surface area contributed by atoms with Gasteiger partial charge in [0.1, 0.15) is 0 Å². The maximum atomic E-state index is 10.8. The van der Waals surface area contributed by atoms with Crippen molar-refractivity contribution in [2.75, 3.05) is 38.6 Å². The summed E-state index contributed by atoms with van der Waals surface area (Å²) >= 11 is 6.07. The summed E-state index contributed by atoms with van der Waals surface area (Å²) in [5, 5.41) is 0.530. The van der Waals surface area contributed by atoms with Crippen LogP contribution >= 0.6 is 11.6 Å². The monoisotopic (exact) mass is 280 g/mol. The maximum Gasteiger partial charge on any atom is 0.151 e. The predicted octanol–water partition coefficient (Wildman–Crippen LogP) is 2.93. The summed E-state index contributed by atoms with van der Waals surface area (Å²) in [6, 6.07) is 5.63. The number of hydrogen-bond acceptors (Lipinski definition) is 3. The van der Waals surface area contributed by atoms with Gasteiger partial charge in [-0.15, -0.1) is 0 Å². The normalized spacial score (nSPS) is 17.4. The Hall–Kier alpha value is -1.06. The zero-order valence-electron chi connectivity index (χ0n) is 11.6. The molecule has 1 aromatic carbocycles. The van der Waals surface area contributed by atoms with Gasteiger partial charge in [0.15, 0.2) is 6.29 Å². The van der Waals surface area contributed by atoms with Crippen LogP contribution in [0.4, 0.5) is 5.69 Å². The molecule has 0 radical (unpaired) electrons. The van der Waals surface area contributed by atoms with Gasteiger partial charge in [-0.2, -0.15) is 0 Å². The Balaban J connectivity index is 1.97. The van der Waals surface area contributed by atoms with E-state index in [-0.39, 0.29) is 0 Å². The minimum absolute atomic E-state index is 0.530. The molecular formula is C15H21ClN2O. The molecule has 1 fully saturated rings. The van der Waals surface area contributed by atoms with Crippen molar-refractivity contribution in [1.29, 1.82) is 0 Å². The number of nitrogens with zero attached hydrogens (tertiary/aromatic N) is 2. The number of carbonyl (C=O) groups excluding carboxylic acids is 1. The van der Waals surface area contributed by atoms with Crippen molar-refractivity contribution < 1.29 is 4.79 Å². The molecule has 1 aliphatic rings. The van der Waals surface area contributed by atoms with Gasteiger partial charge in [0.25, 0.3) is 0 Å². The zero-order valence-corrected chi connectivity index (χ0v) is 12.4. The lowest BCUT2D eigenvalue weighted by atomic mass is 9.96. The second-order valence-corrected chi connectivity index (χ2v) is 5.86. The molecule has 0 aromatic heterocycles. The molecule has 4 heteroatoms. The van der Waals surface area contributed by atoms with E-state index in [0.717, 1.165) is 24.4 Å². The fourth-order valence-electron chi connectivity index (χ4n) is 2.59. The Kier molecular flexibility index (Phi) is 4.83. The Morgan fingerprint density at radius 2 is 2.11 bits per heavy atom. The van der Waals surface area contributed by atoms with Crippen LogP contribution in [-0.4, -0.2) is 44.9 Å². The number of hydrogen-bond donors (Lipinski definition) is 0. The van der Waals surface area contributed by atoms with Gasteiger partial charge in [-0.3, -0.25) is 4.79 Å². The Morgan fingerprint density at radius 1 is 1.42 bits per heavy atom. The fraction of sp³-hybridized carbons (Fsp3) is 0.533. The average Bonchev–Trinajstić information content (AvgIpc) is 2.41. The first kappa shape index (κ1) is 14.4. The number of halogens is 1. The van der Waals surface area contributed by atoms with Gasteiger partial charge in [0.05, 0.1) is 5.02 Å². The van der Waals surface area contributed by atoms with Crippen molar-refractivity contribution in [2.45, 2.75) is 12.8 Å². The van der Waals surface area contributed by atoms with Crippen molar-refractivity contribution in [2.24, 2.45) is 5.92 Å². The molecule has 3 nitrogen and oxygen atoms in total. The number of likely N-dealkylation sites (tertiary alicyclic amines) is 1. The second-order valence-electron chi connectivity index (χ2n) is 5.45. The third kappa shape index (κ3) is 3.71. The van der Waals surface area contributed by atoms with E-state index in [4.69, 9.17) is 11.6 Å². The standard InChI is InChI=1S/C15H21ClN2O/c1-17-7-5-12(6-8-17)10-18(2)14-4-3-13(11-19)15(16)9-14/h3-4,9,11-12H,5-8,10H2,1-2H3. The van der Waals surface area contributed by atoms with E-state index in [1.807, 2.05) is 12.1 Å². The zero-order chi connectivity index (χ0) is 13.8. The number of benzene rings is 1. The molecule has 19 heavy (non-hydrogen) atoms. The van der Waals surface area contributed by atoms with Crippen LogP contribution in [0.5, 0.6) is 0 Å². The lowest BCUT2D eigenvalue weighted by molar-refractivity contribution is 0.112. The summed E-state index contributed by atoms with van der Waals surface area (Å²) in [7, 11) is 4.27. The Bertz CT molecular complexity index is 442. The first-order valence-electron chi connectivity index (χ1n) is 6.74. The molecule has 0 saturated carbocycles. The summed E-state index contributed by atoms with van der Waals surface area (Å²) in [4.78, 5) is 15.4. The topological polar surface area (TPSA) is 23.6 Å². The first-order valence-corrected chi connectivity index (χ1v) is 7.12. The van der Waals surface area contributed by atoms with Gasteiger partial charge in [-0.25, -0.2) is 0 Å². The number of anilines is 1. The molecule has 0 N–H and O–H groups in total. The maximum absolute atomic E-state index is 10.8. The molecule has 1 saturated heterocycles. The van der Waals surface area contributed by atoms with E-state index in [1.54, 1.807) is 6.07 Å². The molecule has 2 rings (SSSR count). The molecule has 1 heterocycles. The van der Waals surface area contributed by atoms with Crippen LogP contribution in [0.3, 0.4) is 0 Å². The van der Waals surface area contributed by atoms with Crippen LogP contribution in [0, 0.1) is 5.92 Å². The summed E-state index contributed by atoms with van der Waals surface area (Å²) in [6.07, 6.45) is 3.30. The average molecular weight is 281 g/mol. The summed E-state index contributed by atoms with van der Waals surface area (Å²) in [6.45, 7) is 3.41. The summed E-state index contributed by atoms with van der Waals surface area (Å²) in [5.41, 5.74) is 1.63. The van der Waals surface area contributed by atoms with E-state index < -0.39 is 0 Å². The fourth-order valence-corrected chi connectivity index (χ4v) is 2.81. The third-order valence-corrected chi connectivity index (χ3v) is 4.25. The molecule has 104 valence electrons. The molecule has 1 aromatic rings. The van der Waals surface area contributed by atoms with Gasteiger partial charge in [-0.1, -0.05) is 11.6 Å². The van der Waals surface area contributed by atoms with Crippen LogP contribution < -0.4 is 4.90 Å². The molecule has 0 bridgehead atoms. The van der Waals surface area contributed by atoms with Crippen molar-refractivity contribution in [1.82, 2.24) is 4.90 Å². The van der Waals surface area contributed by atoms with Gasteiger partial charge in [0, 0.05) is 24.8 Å². The Morgan fingerprint density at radius 3 is 2.68 bits per heavy atom. The summed E-state index contributed by atoms with van der Waals surface area (Å²) < 4.78 is 0. The van der Waals surface area contributed by atoms with Gasteiger partial charge >= 0.3 is 0 Å². The lowest BCUT2D eigenvalue weighted by Crippen LogP contribution is -2.35. The molecule has 0 atom stereocenters. The van der Waals surface area contributed by atoms with Crippen molar-refractivity contribution in [3.05, 3.63) is 28.8 Å². The van der Waals surface area contributed by atoms with Gasteiger partial charge < -0.3 is 9.80 Å².